The Bertz CT molecular complexity index is 1360. The molecular formula is C26H29F3N6O2S. The van der Waals surface area contributed by atoms with E-state index in [1.165, 1.54) is 7.11 Å². The van der Waals surface area contributed by atoms with Crippen molar-refractivity contribution in [3.05, 3.63) is 47.8 Å². The van der Waals surface area contributed by atoms with Gasteiger partial charge in [0.25, 0.3) is 11.7 Å². The molecule has 1 saturated heterocycles. The molecule has 1 amide bonds. The lowest BCUT2D eigenvalue weighted by atomic mass is 10.0. The minimum Gasteiger partial charge on any atom is -0.495 e. The van der Waals surface area contributed by atoms with Crippen LogP contribution in [0.5, 0.6) is 5.75 Å². The molecule has 0 aliphatic carbocycles. The molecule has 1 aliphatic rings. The number of hydrogen-bond donors (Lipinski definition) is 3. The SMILES string of the molecule is CNC(=O)c1ccc(NCC#Cc2nc3c(N[C@@H]4CCN(C)C[C@@H]4F)cccn3c2SC(F)F)c(OC)c1. The molecule has 1 fully saturated rings. The summed E-state index contributed by atoms with van der Waals surface area (Å²) in [6.45, 7) is 1.25. The van der Waals surface area contributed by atoms with Crippen LogP contribution in [0.3, 0.4) is 0 Å². The largest absolute Gasteiger partial charge is 0.495 e. The summed E-state index contributed by atoms with van der Waals surface area (Å²) >= 11 is 0.362. The zero-order valence-corrected chi connectivity index (χ0v) is 22.0. The van der Waals surface area contributed by atoms with Crippen molar-refractivity contribution in [2.45, 2.75) is 29.4 Å². The Morgan fingerprint density at radius 3 is 2.84 bits per heavy atom. The van der Waals surface area contributed by atoms with Gasteiger partial charge in [-0.2, -0.15) is 8.78 Å². The lowest BCUT2D eigenvalue weighted by Crippen LogP contribution is -2.46. The monoisotopic (exact) mass is 546 g/mol. The molecule has 12 heteroatoms. The molecule has 1 aliphatic heterocycles. The molecule has 3 N–H and O–H groups in total. The van der Waals surface area contributed by atoms with E-state index in [1.807, 2.05) is 11.9 Å². The number of imidazole rings is 1. The van der Waals surface area contributed by atoms with Gasteiger partial charge in [-0.3, -0.25) is 9.20 Å². The maximum absolute atomic E-state index is 14.6. The van der Waals surface area contributed by atoms with Crippen LogP contribution in [0.2, 0.25) is 0 Å². The van der Waals surface area contributed by atoms with E-state index in [0.717, 1.165) is 6.54 Å². The van der Waals surface area contributed by atoms with Gasteiger partial charge in [0, 0.05) is 31.9 Å². The number of piperidine rings is 1. The molecule has 3 aromatic rings. The molecule has 202 valence electrons. The van der Waals surface area contributed by atoms with Gasteiger partial charge < -0.3 is 25.6 Å². The van der Waals surface area contributed by atoms with E-state index in [1.54, 1.807) is 48.0 Å². The second-order valence-corrected chi connectivity index (χ2v) is 9.71. The minimum atomic E-state index is -2.67. The molecule has 3 heterocycles. The first-order valence-corrected chi connectivity index (χ1v) is 12.9. The molecule has 2 aromatic heterocycles. The van der Waals surface area contributed by atoms with Gasteiger partial charge in [0.15, 0.2) is 5.65 Å². The number of hydrogen-bond acceptors (Lipinski definition) is 7. The van der Waals surface area contributed by atoms with E-state index in [-0.39, 0.29) is 23.2 Å². The molecule has 0 bridgehead atoms. The molecule has 4 rings (SSSR count). The number of nitrogens with zero attached hydrogens (tertiary/aromatic N) is 3. The van der Waals surface area contributed by atoms with Crippen LogP contribution < -0.4 is 20.7 Å². The predicted octanol–water partition coefficient (Wildman–Crippen LogP) is 3.93. The van der Waals surface area contributed by atoms with Gasteiger partial charge in [0.05, 0.1) is 31.1 Å². The average molecular weight is 547 g/mol. The number of halogens is 3. The maximum Gasteiger partial charge on any atom is 0.290 e. The quantitative estimate of drug-likeness (QED) is 0.292. The fraction of sp³-hybridized carbons (Fsp3) is 0.385. The summed E-state index contributed by atoms with van der Waals surface area (Å²) in [4.78, 5) is 18.3. The summed E-state index contributed by atoms with van der Waals surface area (Å²) in [5.41, 5.74) is 2.24. The number of ether oxygens (including phenoxy) is 1. The molecular weight excluding hydrogens is 517 g/mol. The third-order valence-corrected chi connectivity index (χ3v) is 6.95. The van der Waals surface area contributed by atoms with Gasteiger partial charge >= 0.3 is 0 Å². The van der Waals surface area contributed by atoms with Crippen LogP contribution in [0.25, 0.3) is 5.65 Å². The number of methoxy groups -OCH3 is 1. The highest BCUT2D eigenvalue weighted by Crippen LogP contribution is 2.32. The summed E-state index contributed by atoms with van der Waals surface area (Å²) < 4.78 is 48.4. The van der Waals surface area contributed by atoms with Crippen molar-refractivity contribution in [1.29, 1.82) is 0 Å². The third-order valence-electron chi connectivity index (χ3n) is 6.16. The Morgan fingerprint density at radius 2 is 2.13 bits per heavy atom. The lowest BCUT2D eigenvalue weighted by Gasteiger charge is -2.33. The lowest BCUT2D eigenvalue weighted by molar-refractivity contribution is 0.0962. The van der Waals surface area contributed by atoms with Crippen molar-refractivity contribution in [3.63, 3.8) is 0 Å². The Hall–Kier alpha value is -3.56. The number of pyridine rings is 1. The summed E-state index contributed by atoms with van der Waals surface area (Å²) in [5.74, 6) is 3.36. The highest BCUT2D eigenvalue weighted by Gasteiger charge is 2.28. The van der Waals surface area contributed by atoms with Crippen molar-refractivity contribution in [3.8, 4) is 17.6 Å². The molecule has 38 heavy (non-hydrogen) atoms. The standard InChI is InChI=1S/C26H29F3N6O2S/c1-30-24(36)16-8-9-19(22(14-16)37-3)31-11-4-6-21-25(38-26(28)29)35-12-5-7-20(23(35)33-21)32-18-10-13-34(2)15-17(18)27/h5,7-9,12,14,17-18,26,31-32H,10-11,13,15H2,1-3H3,(H,30,36)/t17-,18+/m0/s1. The van der Waals surface area contributed by atoms with E-state index in [9.17, 15) is 18.0 Å². The smallest absolute Gasteiger partial charge is 0.290 e. The van der Waals surface area contributed by atoms with Crippen molar-refractivity contribution >= 4 is 34.7 Å². The van der Waals surface area contributed by atoms with Crippen LogP contribution in [0.1, 0.15) is 22.5 Å². The Labute approximate surface area is 223 Å². The molecule has 0 unspecified atom stereocenters. The number of fused-ring (bicyclic) bond motifs is 1. The highest BCUT2D eigenvalue weighted by atomic mass is 32.2. The minimum absolute atomic E-state index is 0.173. The van der Waals surface area contributed by atoms with Crippen LogP contribution >= 0.6 is 11.8 Å². The average Bonchev–Trinajstić information content (AvgIpc) is 3.25. The predicted molar refractivity (Wildman–Crippen MR) is 143 cm³/mol. The second kappa shape index (κ2) is 12.3. The number of alkyl halides is 3. The van der Waals surface area contributed by atoms with Crippen molar-refractivity contribution < 1.29 is 22.7 Å². The van der Waals surface area contributed by atoms with Crippen LogP contribution in [0.4, 0.5) is 24.5 Å². The summed E-state index contributed by atoms with van der Waals surface area (Å²) in [6, 6.07) is 8.03. The van der Waals surface area contributed by atoms with Crippen molar-refractivity contribution in [2.24, 2.45) is 0 Å². The number of likely N-dealkylation sites (tertiary alicyclic amines) is 1. The van der Waals surface area contributed by atoms with Crippen LogP contribution in [0, 0.1) is 11.8 Å². The Balaban J connectivity index is 1.56. The van der Waals surface area contributed by atoms with E-state index in [2.05, 4.69) is 32.8 Å². The number of rotatable bonds is 8. The Morgan fingerprint density at radius 1 is 1.32 bits per heavy atom. The first kappa shape index (κ1) is 27.5. The van der Waals surface area contributed by atoms with Crippen LogP contribution in [0.15, 0.2) is 41.6 Å². The number of benzene rings is 1. The van der Waals surface area contributed by atoms with Crippen LogP contribution in [-0.4, -0.2) is 79.0 Å². The zero-order valence-electron chi connectivity index (χ0n) is 21.2. The first-order valence-electron chi connectivity index (χ1n) is 12.0. The normalized spacial score (nSPS) is 17.7. The number of carbonyl (C=O) groups excluding carboxylic acids is 1. The Kier molecular flexibility index (Phi) is 8.91. The molecule has 0 spiro atoms. The molecule has 1 aromatic carbocycles. The fourth-order valence-electron chi connectivity index (χ4n) is 4.25. The van der Waals surface area contributed by atoms with Gasteiger partial charge in [-0.15, -0.1) is 0 Å². The fourth-order valence-corrected chi connectivity index (χ4v) is 4.88. The van der Waals surface area contributed by atoms with Gasteiger partial charge in [0.1, 0.15) is 22.6 Å². The number of carbonyl (C=O) groups is 1. The van der Waals surface area contributed by atoms with Crippen molar-refractivity contribution in [2.75, 3.05) is 51.5 Å². The van der Waals surface area contributed by atoms with Gasteiger partial charge in [-0.05, 0) is 61.5 Å². The third kappa shape index (κ3) is 6.28. The first-order chi connectivity index (χ1) is 18.3. The van der Waals surface area contributed by atoms with E-state index in [0.29, 0.717) is 53.1 Å². The summed E-state index contributed by atoms with van der Waals surface area (Å²) in [6.07, 6.45) is 1.19. The molecule has 8 nitrogen and oxygen atoms in total. The summed E-state index contributed by atoms with van der Waals surface area (Å²) in [5, 5.41) is 9.09. The van der Waals surface area contributed by atoms with Gasteiger partial charge in [-0.1, -0.05) is 5.92 Å². The van der Waals surface area contributed by atoms with Crippen molar-refractivity contribution in [1.82, 2.24) is 19.6 Å². The number of amides is 1. The number of anilines is 2. The second-order valence-electron chi connectivity index (χ2n) is 8.73. The highest BCUT2D eigenvalue weighted by molar-refractivity contribution is 7.99. The van der Waals surface area contributed by atoms with E-state index in [4.69, 9.17) is 4.74 Å². The number of aromatic nitrogens is 2. The van der Waals surface area contributed by atoms with Gasteiger partial charge in [0.2, 0.25) is 0 Å². The maximum atomic E-state index is 14.6. The molecule has 2 atom stereocenters. The van der Waals surface area contributed by atoms with E-state index >= 15 is 0 Å². The number of nitrogens with one attached hydrogen (secondary N) is 3. The molecule has 0 radical (unpaired) electrons. The zero-order chi connectivity index (χ0) is 27.2. The topological polar surface area (TPSA) is 82.9 Å². The van der Waals surface area contributed by atoms with Gasteiger partial charge in [-0.25, -0.2) is 9.37 Å². The molecule has 0 saturated carbocycles. The van der Waals surface area contributed by atoms with E-state index < -0.39 is 18.0 Å². The van der Waals surface area contributed by atoms with Crippen LogP contribution in [-0.2, 0) is 0 Å². The number of thioether (sulfide) groups is 1. The summed E-state index contributed by atoms with van der Waals surface area (Å²) in [7, 11) is 4.91.